The van der Waals surface area contributed by atoms with E-state index in [0.29, 0.717) is 11.4 Å². The molecule has 2 heterocycles. The number of anilines is 1. The van der Waals surface area contributed by atoms with Gasteiger partial charge in [-0.2, -0.15) is 5.10 Å². The molecule has 0 aliphatic heterocycles. The smallest absolute Gasteiger partial charge is 0.142 e. The molecular formula is C12H12N4O. The summed E-state index contributed by atoms with van der Waals surface area (Å²) in [4.78, 5) is 3.28. The molecule has 5 heteroatoms. The van der Waals surface area contributed by atoms with Crippen LogP contribution in [-0.2, 0) is 0 Å². The second-order valence-electron chi connectivity index (χ2n) is 3.83. The number of hydrogen-bond acceptors (Lipinski definition) is 3. The van der Waals surface area contributed by atoms with Gasteiger partial charge in [0.2, 0.25) is 0 Å². The summed E-state index contributed by atoms with van der Waals surface area (Å²) in [6, 6.07) is 7.73. The Bertz CT molecular complexity index is 655. The summed E-state index contributed by atoms with van der Waals surface area (Å²) in [6.07, 6.45) is 1.72. The molecule has 17 heavy (non-hydrogen) atoms. The van der Waals surface area contributed by atoms with Crippen molar-refractivity contribution in [2.24, 2.45) is 0 Å². The first-order valence-electron chi connectivity index (χ1n) is 5.24. The van der Waals surface area contributed by atoms with Crippen molar-refractivity contribution in [3.8, 4) is 17.1 Å². The Morgan fingerprint density at radius 1 is 1.24 bits per heavy atom. The molecular weight excluding hydrogens is 216 g/mol. The van der Waals surface area contributed by atoms with E-state index in [-0.39, 0.29) is 0 Å². The highest BCUT2D eigenvalue weighted by Crippen LogP contribution is 2.30. The minimum Gasteiger partial charge on any atom is -0.495 e. The Balaban J connectivity index is 2.19. The van der Waals surface area contributed by atoms with Gasteiger partial charge in [-0.1, -0.05) is 0 Å². The van der Waals surface area contributed by atoms with E-state index >= 15 is 0 Å². The maximum Gasteiger partial charge on any atom is 0.142 e. The fourth-order valence-electron chi connectivity index (χ4n) is 1.90. The maximum atomic E-state index is 5.86. The Morgan fingerprint density at radius 2 is 2.12 bits per heavy atom. The SMILES string of the molecule is COc1cc2cc(-c3ccn[nH]3)[nH]c2cc1N. The number of aromatic nitrogens is 3. The van der Waals surface area contributed by atoms with E-state index in [1.165, 1.54) is 0 Å². The van der Waals surface area contributed by atoms with E-state index in [1.807, 2.05) is 24.3 Å². The molecule has 0 atom stereocenters. The highest BCUT2D eigenvalue weighted by Gasteiger charge is 2.07. The van der Waals surface area contributed by atoms with E-state index in [2.05, 4.69) is 15.2 Å². The first-order chi connectivity index (χ1) is 8.28. The number of nitrogens with two attached hydrogens (primary N) is 1. The predicted octanol–water partition coefficient (Wildman–Crippen LogP) is 2.15. The van der Waals surface area contributed by atoms with E-state index in [4.69, 9.17) is 10.5 Å². The van der Waals surface area contributed by atoms with Gasteiger partial charge in [0, 0.05) is 17.1 Å². The lowest BCUT2D eigenvalue weighted by Gasteiger charge is -2.03. The van der Waals surface area contributed by atoms with Crippen molar-refractivity contribution < 1.29 is 4.74 Å². The molecule has 0 unspecified atom stereocenters. The number of methoxy groups -OCH3 is 1. The summed E-state index contributed by atoms with van der Waals surface area (Å²) >= 11 is 0. The third-order valence-electron chi connectivity index (χ3n) is 2.76. The molecule has 0 spiro atoms. The summed E-state index contributed by atoms with van der Waals surface area (Å²) in [5.74, 6) is 0.688. The van der Waals surface area contributed by atoms with Gasteiger partial charge in [-0.3, -0.25) is 5.10 Å². The first kappa shape index (κ1) is 9.77. The second kappa shape index (κ2) is 3.55. The van der Waals surface area contributed by atoms with Crippen LogP contribution in [0.2, 0.25) is 0 Å². The zero-order valence-electron chi connectivity index (χ0n) is 9.32. The van der Waals surface area contributed by atoms with Crippen LogP contribution < -0.4 is 10.5 Å². The molecule has 0 saturated carbocycles. The molecule has 0 fully saturated rings. The average molecular weight is 228 g/mol. The number of hydrogen-bond donors (Lipinski definition) is 3. The quantitative estimate of drug-likeness (QED) is 0.588. The monoisotopic (exact) mass is 228 g/mol. The number of nitrogens with one attached hydrogen (secondary N) is 2. The van der Waals surface area contributed by atoms with E-state index in [9.17, 15) is 0 Å². The number of H-pyrrole nitrogens is 2. The number of aromatic amines is 2. The number of rotatable bonds is 2. The Labute approximate surface area is 97.6 Å². The zero-order chi connectivity index (χ0) is 11.8. The molecule has 4 N–H and O–H groups in total. The number of ether oxygens (including phenoxy) is 1. The highest BCUT2D eigenvalue weighted by atomic mass is 16.5. The summed E-state index contributed by atoms with van der Waals surface area (Å²) in [6.45, 7) is 0. The van der Waals surface area contributed by atoms with Crippen LogP contribution in [0.3, 0.4) is 0 Å². The lowest BCUT2D eigenvalue weighted by Crippen LogP contribution is -1.91. The first-order valence-corrected chi connectivity index (χ1v) is 5.24. The Kier molecular flexibility index (Phi) is 2.04. The van der Waals surface area contributed by atoms with Gasteiger partial charge in [0.25, 0.3) is 0 Å². The number of nitrogen functional groups attached to an aromatic ring is 1. The van der Waals surface area contributed by atoms with Crippen LogP contribution >= 0.6 is 0 Å². The Hall–Kier alpha value is -2.43. The minimum atomic E-state index is 0.623. The van der Waals surface area contributed by atoms with Gasteiger partial charge in [-0.15, -0.1) is 0 Å². The van der Waals surface area contributed by atoms with Crippen molar-refractivity contribution in [1.29, 1.82) is 0 Å². The molecule has 3 rings (SSSR count). The normalized spacial score (nSPS) is 10.9. The molecule has 0 radical (unpaired) electrons. The van der Waals surface area contributed by atoms with Crippen LogP contribution in [-0.4, -0.2) is 22.3 Å². The van der Waals surface area contributed by atoms with E-state index in [0.717, 1.165) is 22.3 Å². The lowest BCUT2D eigenvalue weighted by molar-refractivity contribution is 0.417. The molecule has 1 aromatic carbocycles. The highest BCUT2D eigenvalue weighted by molar-refractivity contribution is 5.89. The van der Waals surface area contributed by atoms with Crippen molar-refractivity contribution in [3.63, 3.8) is 0 Å². The third kappa shape index (κ3) is 1.52. The standard InChI is InChI=1S/C12H12N4O/c1-17-12-5-7-4-11(9-2-3-14-16-9)15-10(7)6-8(12)13/h2-6,15H,13H2,1H3,(H,14,16). The third-order valence-corrected chi connectivity index (χ3v) is 2.76. The average Bonchev–Trinajstić information content (AvgIpc) is 2.95. The number of fused-ring (bicyclic) bond motifs is 1. The van der Waals surface area contributed by atoms with E-state index < -0.39 is 0 Å². The summed E-state index contributed by atoms with van der Waals surface area (Å²) in [7, 11) is 1.61. The predicted molar refractivity (Wildman–Crippen MR) is 66.8 cm³/mol. The van der Waals surface area contributed by atoms with Gasteiger partial charge in [-0.05, 0) is 24.3 Å². The molecule has 3 aromatic rings. The van der Waals surface area contributed by atoms with Gasteiger partial charge < -0.3 is 15.5 Å². The second-order valence-corrected chi connectivity index (χ2v) is 3.83. The van der Waals surface area contributed by atoms with Crippen LogP contribution in [0.4, 0.5) is 5.69 Å². The van der Waals surface area contributed by atoms with Gasteiger partial charge in [0.15, 0.2) is 0 Å². The largest absolute Gasteiger partial charge is 0.495 e. The molecule has 86 valence electrons. The summed E-state index contributed by atoms with van der Waals surface area (Å²) in [5.41, 5.74) is 9.38. The van der Waals surface area contributed by atoms with E-state index in [1.54, 1.807) is 13.3 Å². The van der Waals surface area contributed by atoms with Gasteiger partial charge in [-0.25, -0.2) is 0 Å². The van der Waals surface area contributed by atoms with Crippen LogP contribution in [0.15, 0.2) is 30.5 Å². The Morgan fingerprint density at radius 3 is 2.82 bits per heavy atom. The topological polar surface area (TPSA) is 79.7 Å². The van der Waals surface area contributed by atoms with Gasteiger partial charge in [0.1, 0.15) is 5.75 Å². The van der Waals surface area contributed by atoms with Gasteiger partial charge >= 0.3 is 0 Å². The van der Waals surface area contributed by atoms with Crippen LogP contribution in [0.25, 0.3) is 22.3 Å². The molecule has 2 aromatic heterocycles. The van der Waals surface area contributed by atoms with Crippen LogP contribution in [0.5, 0.6) is 5.75 Å². The molecule has 0 amide bonds. The van der Waals surface area contributed by atoms with Crippen LogP contribution in [0.1, 0.15) is 0 Å². The molecule has 0 bridgehead atoms. The fraction of sp³-hybridized carbons (Fsp3) is 0.0833. The maximum absolute atomic E-state index is 5.86. The zero-order valence-corrected chi connectivity index (χ0v) is 9.32. The molecule has 0 aliphatic rings. The van der Waals surface area contributed by atoms with Crippen molar-refractivity contribution >= 4 is 16.6 Å². The van der Waals surface area contributed by atoms with Crippen molar-refractivity contribution in [2.45, 2.75) is 0 Å². The van der Waals surface area contributed by atoms with Crippen LogP contribution in [0, 0.1) is 0 Å². The van der Waals surface area contributed by atoms with Crippen molar-refractivity contribution in [1.82, 2.24) is 15.2 Å². The fourth-order valence-corrected chi connectivity index (χ4v) is 1.90. The molecule has 0 saturated heterocycles. The minimum absolute atomic E-state index is 0.623. The molecule has 5 nitrogen and oxygen atoms in total. The summed E-state index contributed by atoms with van der Waals surface area (Å²) < 4.78 is 5.19. The lowest BCUT2D eigenvalue weighted by atomic mass is 10.2. The number of nitrogens with zero attached hydrogens (tertiary/aromatic N) is 1. The van der Waals surface area contributed by atoms with Gasteiger partial charge in [0.05, 0.1) is 24.2 Å². The summed E-state index contributed by atoms with van der Waals surface area (Å²) in [5, 5.41) is 7.90. The van der Waals surface area contributed by atoms with Crippen molar-refractivity contribution in [2.75, 3.05) is 12.8 Å². The number of benzene rings is 1. The van der Waals surface area contributed by atoms with Crippen molar-refractivity contribution in [3.05, 3.63) is 30.5 Å². The molecule has 0 aliphatic carbocycles.